The van der Waals surface area contributed by atoms with E-state index in [4.69, 9.17) is 11.5 Å². The predicted molar refractivity (Wildman–Crippen MR) is 113 cm³/mol. The molecule has 0 saturated heterocycles. The van der Waals surface area contributed by atoms with Crippen molar-refractivity contribution < 1.29 is 18.8 Å². The smallest absolute Gasteiger partial charge is 0.272 e. The van der Waals surface area contributed by atoms with Gasteiger partial charge in [-0.1, -0.05) is 25.8 Å². The molecule has 10 heteroatoms. The molecule has 1 fully saturated rings. The number of halogens is 1. The zero-order valence-corrected chi connectivity index (χ0v) is 17.4. The second-order valence-electron chi connectivity index (χ2n) is 7.21. The van der Waals surface area contributed by atoms with Crippen molar-refractivity contribution in [1.82, 2.24) is 9.69 Å². The summed E-state index contributed by atoms with van der Waals surface area (Å²) < 4.78 is 17.8. The molecular formula is C20H24FN5O3S. The number of benzene rings is 1. The van der Waals surface area contributed by atoms with E-state index >= 15 is 0 Å². The Morgan fingerprint density at radius 3 is 2.60 bits per heavy atom. The van der Waals surface area contributed by atoms with Crippen LogP contribution in [0.3, 0.4) is 0 Å². The molecule has 0 spiro atoms. The molecule has 1 aliphatic rings. The van der Waals surface area contributed by atoms with E-state index in [2.05, 4.69) is 9.69 Å². The highest BCUT2D eigenvalue weighted by Crippen LogP contribution is 2.29. The third-order valence-electron chi connectivity index (χ3n) is 5.16. The zero-order valence-electron chi connectivity index (χ0n) is 16.6. The van der Waals surface area contributed by atoms with Gasteiger partial charge in [-0.3, -0.25) is 19.3 Å². The van der Waals surface area contributed by atoms with Crippen LogP contribution in [0.1, 0.15) is 59.2 Å². The minimum atomic E-state index is -0.890. The molecule has 1 aliphatic carbocycles. The first kappa shape index (κ1) is 21.7. The average molecular weight is 434 g/mol. The van der Waals surface area contributed by atoms with Gasteiger partial charge >= 0.3 is 0 Å². The number of carbonyl (C=O) groups is 3. The van der Waals surface area contributed by atoms with Gasteiger partial charge in [0.25, 0.3) is 11.8 Å². The molecule has 1 heterocycles. The lowest BCUT2D eigenvalue weighted by Crippen LogP contribution is -2.51. The van der Waals surface area contributed by atoms with Crippen molar-refractivity contribution in [2.45, 2.75) is 51.1 Å². The van der Waals surface area contributed by atoms with E-state index in [0.717, 1.165) is 37.2 Å². The van der Waals surface area contributed by atoms with Gasteiger partial charge < -0.3 is 16.8 Å². The van der Waals surface area contributed by atoms with Crippen LogP contribution in [0.25, 0.3) is 0 Å². The third kappa shape index (κ3) is 4.43. The minimum Gasteiger partial charge on any atom is -0.395 e. The second-order valence-corrected chi connectivity index (χ2v) is 7.98. The maximum absolute atomic E-state index is 13.9. The van der Waals surface area contributed by atoms with Gasteiger partial charge in [0, 0.05) is 11.7 Å². The molecule has 0 bridgehead atoms. The van der Waals surface area contributed by atoms with Crippen LogP contribution >= 0.6 is 11.5 Å². The number of nitrogens with zero attached hydrogens (tertiary/aromatic N) is 2. The van der Waals surface area contributed by atoms with Crippen molar-refractivity contribution in [2.75, 3.05) is 10.6 Å². The summed E-state index contributed by atoms with van der Waals surface area (Å²) in [5.41, 5.74) is 11.0. The van der Waals surface area contributed by atoms with Gasteiger partial charge in [-0.2, -0.15) is 4.37 Å². The fraction of sp³-hybridized carbons (Fsp3) is 0.400. The van der Waals surface area contributed by atoms with Crippen molar-refractivity contribution >= 4 is 40.6 Å². The van der Waals surface area contributed by atoms with Gasteiger partial charge in [-0.25, -0.2) is 4.39 Å². The Morgan fingerprint density at radius 2 is 2.03 bits per heavy atom. The number of nitrogens with one attached hydrogen (secondary N) is 1. The fourth-order valence-corrected chi connectivity index (χ4v) is 4.40. The number of aromatic nitrogens is 1. The van der Waals surface area contributed by atoms with E-state index < -0.39 is 23.7 Å². The number of carbonyl (C=O) groups excluding carboxylic acids is 3. The van der Waals surface area contributed by atoms with Crippen LogP contribution in [0.2, 0.25) is 0 Å². The lowest BCUT2D eigenvalue weighted by atomic mass is 10.1. The van der Waals surface area contributed by atoms with E-state index in [9.17, 15) is 18.8 Å². The molecule has 1 aromatic carbocycles. The second kappa shape index (κ2) is 9.21. The number of nitrogen functional groups attached to an aromatic ring is 1. The largest absolute Gasteiger partial charge is 0.395 e. The number of anilines is 2. The lowest BCUT2D eigenvalue weighted by Gasteiger charge is -2.31. The molecule has 1 aromatic heterocycles. The molecular weight excluding hydrogens is 409 g/mol. The summed E-state index contributed by atoms with van der Waals surface area (Å²) in [6.45, 7) is 1.77. The van der Waals surface area contributed by atoms with Gasteiger partial charge in [0.2, 0.25) is 5.91 Å². The monoisotopic (exact) mass is 433 g/mol. The van der Waals surface area contributed by atoms with Crippen molar-refractivity contribution in [3.8, 4) is 0 Å². The fourth-order valence-electron chi connectivity index (χ4n) is 3.66. The summed E-state index contributed by atoms with van der Waals surface area (Å²) in [5, 5.41) is 2.99. The van der Waals surface area contributed by atoms with E-state index in [1.165, 1.54) is 23.1 Å². The number of nitrogens with two attached hydrogens (primary N) is 2. The molecule has 0 aliphatic heterocycles. The first-order valence-electron chi connectivity index (χ1n) is 9.77. The van der Waals surface area contributed by atoms with Gasteiger partial charge in [0.05, 0.1) is 5.69 Å². The summed E-state index contributed by atoms with van der Waals surface area (Å²) in [7, 11) is 0. The van der Waals surface area contributed by atoms with Crippen LogP contribution in [0.4, 0.5) is 15.8 Å². The molecule has 1 saturated carbocycles. The maximum Gasteiger partial charge on any atom is 0.272 e. The Kier molecular flexibility index (Phi) is 6.66. The Bertz CT molecular complexity index is 958. The first-order chi connectivity index (χ1) is 14.3. The van der Waals surface area contributed by atoms with Crippen LogP contribution in [-0.4, -0.2) is 34.2 Å². The molecule has 3 amide bonds. The third-order valence-corrected chi connectivity index (χ3v) is 6.01. The van der Waals surface area contributed by atoms with E-state index in [1.807, 2.05) is 0 Å². The normalized spacial score (nSPS) is 15.0. The van der Waals surface area contributed by atoms with Crippen LogP contribution in [0.5, 0.6) is 0 Å². The highest BCUT2D eigenvalue weighted by Gasteiger charge is 2.35. The predicted octanol–water partition coefficient (Wildman–Crippen LogP) is 2.45. The molecule has 8 nitrogen and oxygen atoms in total. The number of hydrogen-bond donors (Lipinski definition) is 3. The molecule has 3 rings (SSSR count). The molecule has 5 N–H and O–H groups in total. The summed E-state index contributed by atoms with van der Waals surface area (Å²) in [5.74, 6) is -2.37. The first-order valence-corrected chi connectivity index (χ1v) is 10.5. The van der Waals surface area contributed by atoms with Gasteiger partial charge in [0.15, 0.2) is 5.69 Å². The Hall–Kier alpha value is -3.01. The SMILES string of the molecule is CCC(C(=O)NC1CCCC1)N(C(=O)c1snc(C(N)=O)c1N)c1cccc(F)c1. The topological polar surface area (TPSA) is 131 Å². The van der Waals surface area contributed by atoms with Crippen LogP contribution in [0.15, 0.2) is 24.3 Å². The molecule has 1 unspecified atom stereocenters. The van der Waals surface area contributed by atoms with Crippen molar-refractivity contribution in [3.05, 3.63) is 40.7 Å². The van der Waals surface area contributed by atoms with Crippen LogP contribution in [0, 0.1) is 5.82 Å². The van der Waals surface area contributed by atoms with Crippen molar-refractivity contribution in [3.63, 3.8) is 0 Å². The van der Waals surface area contributed by atoms with Gasteiger partial charge in [-0.15, -0.1) is 0 Å². The van der Waals surface area contributed by atoms with Crippen molar-refractivity contribution in [2.24, 2.45) is 5.73 Å². The molecule has 0 radical (unpaired) electrons. The Balaban J connectivity index is 2.00. The number of rotatable bonds is 7. The molecule has 160 valence electrons. The quantitative estimate of drug-likeness (QED) is 0.617. The van der Waals surface area contributed by atoms with Crippen molar-refractivity contribution in [1.29, 1.82) is 0 Å². The van der Waals surface area contributed by atoms with Crippen LogP contribution < -0.4 is 21.7 Å². The number of hydrogen-bond acceptors (Lipinski definition) is 6. The zero-order chi connectivity index (χ0) is 21.8. The Morgan fingerprint density at radius 1 is 1.33 bits per heavy atom. The highest BCUT2D eigenvalue weighted by molar-refractivity contribution is 7.09. The summed E-state index contributed by atoms with van der Waals surface area (Å²) >= 11 is 0.720. The average Bonchev–Trinajstić information content (AvgIpc) is 3.34. The van der Waals surface area contributed by atoms with Gasteiger partial charge in [0.1, 0.15) is 16.7 Å². The summed E-state index contributed by atoms with van der Waals surface area (Å²) in [6.07, 6.45) is 4.16. The van der Waals surface area contributed by atoms with E-state index in [0.29, 0.717) is 6.42 Å². The minimum absolute atomic E-state index is 0.0276. The molecule has 1 atom stereocenters. The van der Waals surface area contributed by atoms with E-state index in [1.54, 1.807) is 13.0 Å². The number of primary amides is 1. The summed E-state index contributed by atoms with van der Waals surface area (Å²) in [6, 6.07) is 4.59. The highest BCUT2D eigenvalue weighted by atomic mass is 32.1. The number of amides is 3. The van der Waals surface area contributed by atoms with Crippen LogP contribution in [-0.2, 0) is 4.79 Å². The lowest BCUT2D eigenvalue weighted by molar-refractivity contribution is -0.123. The molecule has 30 heavy (non-hydrogen) atoms. The summed E-state index contributed by atoms with van der Waals surface area (Å²) in [4.78, 5) is 39.1. The molecule has 2 aromatic rings. The van der Waals surface area contributed by atoms with E-state index in [-0.39, 0.29) is 33.9 Å². The van der Waals surface area contributed by atoms with Gasteiger partial charge in [-0.05, 0) is 49.0 Å². The maximum atomic E-state index is 13.9. The standard InChI is InChI=1S/C20H24FN5O3S/c1-2-14(19(28)24-12-7-3-4-8-12)26(13-9-5-6-11(21)10-13)20(29)17-15(22)16(18(23)27)25-30-17/h5-6,9-10,12,14H,2-4,7-8,22H2,1H3,(H2,23,27)(H,24,28). The Labute approximate surface area is 177 Å².